The summed E-state index contributed by atoms with van der Waals surface area (Å²) in [4.78, 5) is 24.3. The molecule has 1 heterocycles. The number of hydrogen-bond acceptors (Lipinski definition) is 2. The molecule has 1 fully saturated rings. The molecule has 1 N–H and O–H groups in total. The van der Waals surface area contributed by atoms with Crippen LogP contribution in [0.2, 0.25) is 10.0 Å². The maximum Gasteiger partial charge on any atom is 0.430 e. The van der Waals surface area contributed by atoms with Crippen molar-refractivity contribution in [3.8, 4) is 0 Å². The average Bonchev–Trinajstić information content (AvgIpc) is 2.54. The van der Waals surface area contributed by atoms with Crippen molar-refractivity contribution in [1.82, 2.24) is 9.80 Å². The van der Waals surface area contributed by atoms with E-state index >= 15 is 0 Å². The molecule has 0 aliphatic carbocycles. The predicted octanol–water partition coefficient (Wildman–Crippen LogP) is 2.96. The topological polar surface area (TPSA) is 46.2 Å². The third-order valence-corrected chi connectivity index (χ3v) is 3.57. The highest BCUT2D eigenvalue weighted by molar-refractivity contribution is 6.35. The fourth-order valence-electron chi connectivity index (χ4n) is 2.34. The summed E-state index contributed by atoms with van der Waals surface area (Å²) in [6.07, 6.45) is 0. The third kappa shape index (κ3) is 1.81. The Kier molecular flexibility index (Phi) is 3.36. The number of carbonyl (C=O) groups excluding carboxylic acids is 2. The molecule has 4 nitrogen and oxygen atoms in total. The molecule has 6 heteroatoms. The second-order valence-electron chi connectivity index (χ2n) is 4.50. The van der Waals surface area contributed by atoms with E-state index in [1.807, 2.05) is 13.8 Å². The van der Waals surface area contributed by atoms with Crippen molar-refractivity contribution in [2.24, 2.45) is 0 Å². The molecule has 3 amide bonds. The van der Waals surface area contributed by atoms with Gasteiger partial charge in [-0.3, -0.25) is 5.32 Å². The summed E-state index contributed by atoms with van der Waals surface area (Å²) in [6, 6.07) is 4.22. The molecule has 1 aliphatic heterocycles. The molecule has 0 spiro atoms. The molecule has 0 saturated carbocycles. The minimum absolute atomic E-state index is 0.0289. The smallest absolute Gasteiger partial charge is 0.291 e. The van der Waals surface area contributed by atoms with Gasteiger partial charge < -0.3 is 0 Å². The number of nitrogens with one attached hydrogen (secondary N) is 1. The third-order valence-electron chi connectivity index (χ3n) is 3.13. The highest BCUT2D eigenvalue weighted by atomic mass is 35.5. The van der Waals surface area contributed by atoms with Crippen molar-refractivity contribution in [3.63, 3.8) is 0 Å². The van der Waals surface area contributed by atoms with Gasteiger partial charge in [-0.1, -0.05) is 23.2 Å². The average molecular weight is 288 g/mol. The number of hydrogen-bond donors (Lipinski definition) is 1. The number of imide groups is 1. The monoisotopic (exact) mass is 287 g/mol. The molecular formula is C12H13Cl2N2O2+. The van der Waals surface area contributed by atoms with Gasteiger partial charge >= 0.3 is 11.9 Å². The zero-order valence-electron chi connectivity index (χ0n) is 10.0. The van der Waals surface area contributed by atoms with Crippen molar-refractivity contribution >= 4 is 40.8 Å². The van der Waals surface area contributed by atoms with Crippen molar-refractivity contribution in [2.75, 3.05) is 6.54 Å². The lowest BCUT2D eigenvalue weighted by Crippen LogP contribution is -2.59. The van der Waals surface area contributed by atoms with E-state index in [0.29, 0.717) is 15.7 Å². The number of quaternary nitrogens is 1. The van der Waals surface area contributed by atoms with Gasteiger partial charge in [0.15, 0.2) is 5.69 Å². The van der Waals surface area contributed by atoms with Gasteiger partial charge in [0.1, 0.15) is 12.6 Å². The maximum atomic E-state index is 12.2. The Hall–Kier alpha value is -1.10. The summed E-state index contributed by atoms with van der Waals surface area (Å²) in [5, 5.41) is 3.39. The van der Waals surface area contributed by atoms with Crippen LogP contribution < -0.4 is 9.80 Å². The number of carbonyl (C=O) groups is 2. The molecule has 1 atom stereocenters. The maximum absolute atomic E-state index is 12.2. The first-order valence-electron chi connectivity index (χ1n) is 5.56. The van der Waals surface area contributed by atoms with Gasteiger partial charge in [-0.2, -0.15) is 0 Å². The Morgan fingerprint density at radius 2 is 1.72 bits per heavy atom. The second kappa shape index (κ2) is 4.53. The fraction of sp³-hybridized carbons (Fsp3) is 0.333. The molecule has 96 valence electrons. The molecule has 1 unspecified atom stereocenters. The quantitative estimate of drug-likeness (QED) is 0.671. The standard InChI is InChI=1S/C12H12Cl2N2O2/c1-7(2)16(11(17)6-15-12(16)18)10-4-8(13)3-9(14)5-10/h3-5,7H,6H2,1-2H3/p+1. The molecule has 1 aliphatic rings. The van der Waals surface area contributed by atoms with Crippen LogP contribution in [0.4, 0.5) is 10.5 Å². The lowest BCUT2D eigenvalue weighted by atomic mass is 10.1. The molecular weight excluding hydrogens is 275 g/mol. The highest BCUT2D eigenvalue weighted by Gasteiger charge is 2.54. The van der Waals surface area contributed by atoms with E-state index in [4.69, 9.17) is 23.2 Å². The first-order valence-corrected chi connectivity index (χ1v) is 6.32. The van der Waals surface area contributed by atoms with E-state index in [1.54, 1.807) is 18.2 Å². The Bertz CT molecular complexity index is 493. The number of rotatable bonds is 2. The van der Waals surface area contributed by atoms with E-state index < -0.39 is 0 Å². The van der Waals surface area contributed by atoms with Crippen LogP contribution in [-0.2, 0) is 4.79 Å². The summed E-state index contributed by atoms with van der Waals surface area (Å²) < 4.78 is -0.389. The summed E-state index contributed by atoms with van der Waals surface area (Å²) >= 11 is 11.9. The summed E-state index contributed by atoms with van der Waals surface area (Å²) in [5.74, 6) is -0.201. The number of benzene rings is 1. The predicted molar refractivity (Wildman–Crippen MR) is 71.8 cm³/mol. The van der Waals surface area contributed by atoms with Crippen LogP contribution in [0.15, 0.2) is 18.2 Å². The summed E-state index contributed by atoms with van der Waals surface area (Å²) in [6.45, 7) is 3.66. The Morgan fingerprint density at radius 1 is 1.17 bits per heavy atom. The number of halogens is 2. The second-order valence-corrected chi connectivity index (χ2v) is 5.37. The van der Waals surface area contributed by atoms with E-state index in [2.05, 4.69) is 5.32 Å². The van der Waals surface area contributed by atoms with Gasteiger partial charge in [0, 0.05) is 22.2 Å². The Labute approximate surface area is 115 Å². The van der Waals surface area contributed by atoms with Gasteiger partial charge in [-0.15, -0.1) is 4.48 Å². The van der Waals surface area contributed by atoms with E-state index in [9.17, 15) is 9.59 Å². The van der Waals surface area contributed by atoms with E-state index in [-0.39, 0.29) is 29.0 Å². The highest BCUT2D eigenvalue weighted by Crippen LogP contribution is 2.34. The lowest BCUT2D eigenvalue weighted by Gasteiger charge is -2.30. The molecule has 1 saturated heterocycles. The van der Waals surface area contributed by atoms with Crippen LogP contribution in [0.5, 0.6) is 0 Å². The molecule has 18 heavy (non-hydrogen) atoms. The van der Waals surface area contributed by atoms with Gasteiger partial charge in [-0.05, 0) is 19.9 Å². The summed E-state index contributed by atoms with van der Waals surface area (Å²) in [7, 11) is 0. The number of amides is 3. The fourth-order valence-corrected chi connectivity index (χ4v) is 2.85. The Morgan fingerprint density at radius 3 is 2.11 bits per heavy atom. The van der Waals surface area contributed by atoms with Crippen LogP contribution in [0.1, 0.15) is 13.8 Å². The molecule has 0 aromatic heterocycles. The number of nitrogens with zero attached hydrogens (tertiary/aromatic N) is 1. The first-order chi connectivity index (χ1) is 8.38. The van der Waals surface area contributed by atoms with Gasteiger partial charge in [0.25, 0.3) is 0 Å². The normalized spacial score (nSPS) is 23.6. The zero-order chi connectivity index (χ0) is 13.5. The van der Waals surface area contributed by atoms with E-state index in [1.165, 1.54) is 0 Å². The largest absolute Gasteiger partial charge is 0.430 e. The Balaban J connectivity index is 2.68. The first kappa shape index (κ1) is 13.3. The summed E-state index contributed by atoms with van der Waals surface area (Å²) in [5.41, 5.74) is 0.502. The minimum atomic E-state index is -0.389. The van der Waals surface area contributed by atoms with Crippen molar-refractivity contribution < 1.29 is 9.59 Å². The van der Waals surface area contributed by atoms with Crippen molar-refractivity contribution in [3.05, 3.63) is 28.2 Å². The zero-order valence-corrected chi connectivity index (χ0v) is 11.5. The number of urea groups is 1. The van der Waals surface area contributed by atoms with Gasteiger partial charge in [0.05, 0.1) is 0 Å². The molecule has 2 rings (SSSR count). The van der Waals surface area contributed by atoms with Gasteiger partial charge in [0.2, 0.25) is 0 Å². The molecule has 0 radical (unpaired) electrons. The van der Waals surface area contributed by atoms with E-state index in [0.717, 1.165) is 0 Å². The lowest BCUT2D eigenvalue weighted by molar-refractivity contribution is -0.125. The molecule has 1 aromatic rings. The molecule has 0 bridgehead atoms. The van der Waals surface area contributed by atoms with Crippen LogP contribution in [0.3, 0.4) is 0 Å². The van der Waals surface area contributed by atoms with Crippen LogP contribution in [0.25, 0.3) is 0 Å². The minimum Gasteiger partial charge on any atom is -0.291 e. The van der Waals surface area contributed by atoms with Crippen LogP contribution >= 0.6 is 23.2 Å². The SMILES string of the molecule is CC(C)[N+]1(c2cc(Cl)cc(Cl)c2)C(=O)CNC1=O. The van der Waals surface area contributed by atoms with Gasteiger partial charge in [-0.25, -0.2) is 9.59 Å². The van der Waals surface area contributed by atoms with Crippen LogP contribution in [-0.4, -0.2) is 24.5 Å². The molecule has 1 aromatic carbocycles. The van der Waals surface area contributed by atoms with Crippen molar-refractivity contribution in [2.45, 2.75) is 19.9 Å². The van der Waals surface area contributed by atoms with Crippen molar-refractivity contribution in [1.29, 1.82) is 0 Å². The van der Waals surface area contributed by atoms with Crippen LogP contribution in [0, 0.1) is 0 Å².